The van der Waals surface area contributed by atoms with Crippen LogP contribution in [0.4, 0.5) is 5.69 Å². The number of benzene rings is 2. The van der Waals surface area contributed by atoms with Gasteiger partial charge in [-0.2, -0.15) is 0 Å². The number of nitrogens with two attached hydrogens (primary N) is 1. The van der Waals surface area contributed by atoms with Crippen molar-refractivity contribution in [3.05, 3.63) is 42.5 Å². The molecule has 2 fully saturated rings. The minimum Gasteiger partial charge on any atom is -0.353 e. The van der Waals surface area contributed by atoms with Gasteiger partial charge in [0.1, 0.15) is 24.5 Å². The molecule has 2 aromatic rings. The molecule has 0 bridgehead atoms. The zero-order chi connectivity index (χ0) is 22.1. The molecule has 0 spiro atoms. The van der Waals surface area contributed by atoms with E-state index >= 15 is 0 Å². The molecule has 0 aromatic heterocycles. The topological polar surface area (TPSA) is 126 Å². The molecule has 9 heteroatoms. The van der Waals surface area contributed by atoms with Crippen LogP contribution in [0.3, 0.4) is 0 Å². The molecule has 31 heavy (non-hydrogen) atoms. The van der Waals surface area contributed by atoms with Crippen molar-refractivity contribution >= 4 is 34.2 Å². The summed E-state index contributed by atoms with van der Waals surface area (Å²) in [5.74, 6) is -1.12. The average molecular weight is 425 g/mol. The van der Waals surface area contributed by atoms with Gasteiger partial charge < -0.3 is 26.0 Å². The summed E-state index contributed by atoms with van der Waals surface area (Å²) >= 11 is 0. The van der Waals surface area contributed by atoms with E-state index in [2.05, 4.69) is 16.0 Å². The highest BCUT2D eigenvalue weighted by Gasteiger charge is 2.50. The second-order valence-electron chi connectivity index (χ2n) is 7.90. The van der Waals surface area contributed by atoms with E-state index in [-0.39, 0.29) is 11.8 Å². The first-order chi connectivity index (χ1) is 14.9. The maximum absolute atomic E-state index is 13.2. The molecular weight excluding hydrogens is 398 g/mol. The zero-order valence-electron chi connectivity index (χ0n) is 17.5. The Morgan fingerprint density at radius 1 is 1.16 bits per heavy atom. The number of rotatable bonds is 5. The third kappa shape index (κ3) is 3.99. The number of nitrogens with one attached hydrogen (secondary N) is 3. The minimum absolute atomic E-state index is 0.276. The Morgan fingerprint density at radius 3 is 2.68 bits per heavy atom. The van der Waals surface area contributed by atoms with E-state index < -0.39 is 36.5 Å². The molecule has 0 saturated carbocycles. The van der Waals surface area contributed by atoms with Gasteiger partial charge in [-0.25, -0.2) is 0 Å². The Hall–Kier alpha value is -3.01. The highest BCUT2D eigenvalue weighted by Crippen LogP contribution is 2.33. The summed E-state index contributed by atoms with van der Waals surface area (Å²) in [6.45, 7) is 1.73. The summed E-state index contributed by atoms with van der Waals surface area (Å²) in [5.41, 5.74) is 6.38. The third-order valence-corrected chi connectivity index (χ3v) is 5.94. The van der Waals surface area contributed by atoms with E-state index in [9.17, 15) is 14.4 Å². The Labute approximate surface area is 180 Å². The molecule has 9 nitrogen and oxygen atoms in total. The van der Waals surface area contributed by atoms with Crippen LogP contribution in [0.1, 0.15) is 19.8 Å². The molecular formula is C22H27N5O4. The number of likely N-dealkylation sites (N-methyl/N-ethyl adjacent to an activating group) is 1. The zero-order valence-corrected chi connectivity index (χ0v) is 17.5. The Kier molecular flexibility index (Phi) is 5.90. The lowest BCUT2D eigenvalue weighted by Gasteiger charge is -2.41. The second kappa shape index (κ2) is 8.62. The number of hydrogen-bond donors (Lipinski definition) is 4. The van der Waals surface area contributed by atoms with E-state index in [1.165, 1.54) is 4.90 Å². The predicted molar refractivity (Wildman–Crippen MR) is 116 cm³/mol. The Balaban J connectivity index is 1.52. The molecule has 2 saturated heterocycles. The number of carbonyl (C=O) groups is 3. The Bertz CT molecular complexity index is 1010. The quantitative estimate of drug-likeness (QED) is 0.517. The van der Waals surface area contributed by atoms with E-state index in [0.29, 0.717) is 18.5 Å². The largest absolute Gasteiger partial charge is 0.353 e. The van der Waals surface area contributed by atoms with Crippen LogP contribution in [-0.2, 0) is 19.1 Å². The second-order valence-corrected chi connectivity index (χ2v) is 7.90. The number of fused-ring (bicyclic) bond motifs is 2. The van der Waals surface area contributed by atoms with Crippen molar-refractivity contribution in [2.45, 2.75) is 50.3 Å². The van der Waals surface area contributed by atoms with Crippen molar-refractivity contribution in [2.24, 2.45) is 5.73 Å². The normalized spacial score (nSPS) is 26.4. The molecule has 5 atom stereocenters. The number of amides is 3. The van der Waals surface area contributed by atoms with Gasteiger partial charge in [-0.15, -0.1) is 0 Å². The van der Waals surface area contributed by atoms with Gasteiger partial charge in [0.15, 0.2) is 0 Å². The van der Waals surface area contributed by atoms with Gasteiger partial charge >= 0.3 is 0 Å². The fraction of sp³-hybridized carbons (Fsp3) is 0.409. The summed E-state index contributed by atoms with van der Waals surface area (Å²) in [6, 6.07) is 11.9. The average Bonchev–Trinajstić information content (AvgIpc) is 3.20. The summed E-state index contributed by atoms with van der Waals surface area (Å²) < 4.78 is 5.96. The third-order valence-electron chi connectivity index (χ3n) is 5.94. The van der Waals surface area contributed by atoms with Gasteiger partial charge in [-0.3, -0.25) is 19.7 Å². The van der Waals surface area contributed by atoms with E-state index in [1.807, 2.05) is 42.5 Å². The van der Waals surface area contributed by atoms with Crippen molar-refractivity contribution in [2.75, 3.05) is 12.4 Å². The van der Waals surface area contributed by atoms with Gasteiger partial charge in [-0.1, -0.05) is 36.4 Å². The fourth-order valence-electron chi connectivity index (χ4n) is 4.26. The minimum atomic E-state index is -0.943. The monoisotopic (exact) mass is 425 g/mol. The number of carbonyl (C=O) groups excluding carboxylic acids is 3. The van der Waals surface area contributed by atoms with Crippen molar-refractivity contribution < 1.29 is 19.1 Å². The molecule has 2 aliphatic heterocycles. The van der Waals surface area contributed by atoms with Gasteiger partial charge in [-0.05, 0) is 38.3 Å². The summed E-state index contributed by atoms with van der Waals surface area (Å²) in [7, 11) is 1.55. The van der Waals surface area contributed by atoms with Crippen LogP contribution in [0.2, 0.25) is 0 Å². The molecule has 0 radical (unpaired) electrons. The Morgan fingerprint density at radius 2 is 1.90 bits per heavy atom. The summed E-state index contributed by atoms with van der Waals surface area (Å²) in [4.78, 5) is 40.0. The first-order valence-corrected chi connectivity index (χ1v) is 10.4. The maximum Gasteiger partial charge on any atom is 0.252 e. The summed E-state index contributed by atoms with van der Waals surface area (Å²) in [6.07, 6.45) is -0.920. The molecule has 2 aliphatic rings. The van der Waals surface area contributed by atoms with Crippen molar-refractivity contribution in [1.29, 1.82) is 0 Å². The highest BCUT2D eigenvalue weighted by molar-refractivity contribution is 6.05. The number of nitrogens with zero attached hydrogens (tertiary/aromatic N) is 1. The molecule has 1 unspecified atom stereocenters. The van der Waals surface area contributed by atoms with Crippen molar-refractivity contribution in [3.63, 3.8) is 0 Å². The standard InChI is InChI=1S/C22H27N5O4/c1-12-18(26-21(29)19(23)24-2)22(30)27-16(10-11-17(27)31-12)20(28)25-15-9-5-7-13-6-3-4-8-14(13)15/h3-9,12,16-19,24H,10-11,23H2,1-2H3,(H,25,28)(H,26,29)/t12-,16?,17+,18+,19-/m1/s1. The van der Waals surface area contributed by atoms with E-state index in [1.54, 1.807) is 14.0 Å². The lowest BCUT2D eigenvalue weighted by molar-refractivity contribution is -0.178. The molecule has 2 heterocycles. The van der Waals surface area contributed by atoms with Crippen molar-refractivity contribution in [3.8, 4) is 0 Å². The predicted octanol–water partition coefficient (Wildman–Crippen LogP) is 0.503. The highest BCUT2D eigenvalue weighted by atomic mass is 16.5. The van der Waals surface area contributed by atoms with Crippen LogP contribution in [0.15, 0.2) is 42.5 Å². The van der Waals surface area contributed by atoms with Gasteiger partial charge in [0, 0.05) is 11.1 Å². The molecule has 164 valence electrons. The van der Waals surface area contributed by atoms with E-state index in [4.69, 9.17) is 10.5 Å². The SMILES string of the molecule is CN[C@@H](N)C(=O)N[C@@H]1C(=O)N2C(C(=O)Nc3cccc4ccccc34)CC[C@@H]2O[C@@H]1C. The van der Waals surface area contributed by atoms with Crippen LogP contribution in [0.25, 0.3) is 10.8 Å². The first kappa shape index (κ1) is 21.2. The maximum atomic E-state index is 13.2. The van der Waals surface area contributed by atoms with Crippen LogP contribution in [0.5, 0.6) is 0 Å². The first-order valence-electron chi connectivity index (χ1n) is 10.4. The van der Waals surface area contributed by atoms with Gasteiger partial charge in [0.2, 0.25) is 5.91 Å². The number of hydrogen-bond acceptors (Lipinski definition) is 6. The number of anilines is 1. The van der Waals surface area contributed by atoms with Crippen molar-refractivity contribution in [1.82, 2.24) is 15.5 Å². The van der Waals surface area contributed by atoms with Crippen LogP contribution in [-0.4, -0.2) is 60.3 Å². The van der Waals surface area contributed by atoms with Crippen LogP contribution in [0, 0.1) is 0 Å². The van der Waals surface area contributed by atoms with Gasteiger partial charge in [0.05, 0.1) is 6.10 Å². The van der Waals surface area contributed by atoms with Gasteiger partial charge in [0.25, 0.3) is 11.8 Å². The molecule has 0 aliphatic carbocycles. The van der Waals surface area contributed by atoms with Crippen LogP contribution >= 0.6 is 0 Å². The lowest BCUT2D eigenvalue weighted by Crippen LogP contribution is -2.65. The molecule has 4 rings (SSSR count). The summed E-state index contributed by atoms with van der Waals surface area (Å²) in [5, 5.41) is 10.2. The molecule has 5 N–H and O–H groups in total. The fourth-order valence-corrected chi connectivity index (χ4v) is 4.26. The number of ether oxygens (including phenoxy) is 1. The molecule has 2 aromatic carbocycles. The molecule has 3 amide bonds. The van der Waals surface area contributed by atoms with E-state index in [0.717, 1.165) is 10.8 Å². The smallest absolute Gasteiger partial charge is 0.252 e. The lowest BCUT2D eigenvalue weighted by atomic mass is 10.1. The van der Waals surface area contributed by atoms with Crippen LogP contribution < -0.4 is 21.7 Å².